The van der Waals surface area contributed by atoms with Gasteiger partial charge in [-0.05, 0) is 31.2 Å². The Morgan fingerprint density at radius 3 is 3.04 bits per heavy atom. The van der Waals surface area contributed by atoms with Gasteiger partial charge in [-0.2, -0.15) is 0 Å². The predicted molar refractivity (Wildman–Crippen MR) is 83.5 cm³/mol. The molecule has 0 aliphatic carbocycles. The van der Waals surface area contributed by atoms with Crippen LogP contribution in [0.1, 0.15) is 23.7 Å². The standard InChI is InChI=1S/C16H17ClFN3O2/c1-21-6-4-14(19-15(22)9-11-5-7-23-20-11)16(21)10-2-3-12(17)13(18)8-10/h2-3,5,7-8,14,16H,4,6,9H2,1H3,(H,19,22)/t14-,16+/m0/s1. The second-order valence-electron chi connectivity index (χ2n) is 5.73. The SMILES string of the molecule is CN1CC[C@H](NC(=O)Cc2ccon2)[C@H]1c1ccc(Cl)c(F)c1. The molecule has 23 heavy (non-hydrogen) atoms. The molecule has 2 aromatic rings. The number of aromatic nitrogens is 1. The molecule has 0 bridgehead atoms. The lowest BCUT2D eigenvalue weighted by Gasteiger charge is -2.26. The van der Waals surface area contributed by atoms with Crippen LogP contribution in [0.15, 0.2) is 35.1 Å². The van der Waals surface area contributed by atoms with Crippen LogP contribution in [0, 0.1) is 5.82 Å². The molecule has 2 heterocycles. The van der Waals surface area contributed by atoms with Crippen molar-refractivity contribution in [3.63, 3.8) is 0 Å². The molecule has 0 radical (unpaired) electrons. The van der Waals surface area contributed by atoms with Crippen molar-refractivity contribution in [2.24, 2.45) is 0 Å². The van der Waals surface area contributed by atoms with E-state index in [-0.39, 0.29) is 29.4 Å². The molecule has 1 aromatic carbocycles. The number of benzene rings is 1. The number of carbonyl (C=O) groups excluding carboxylic acids is 1. The molecule has 1 N–H and O–H groups in total. The number of nitrogens with one attached hydrogen (secondary N) is 1. The van der Waals surface area contributed by atoms with Crippen LogP contribution in [0.2, 0.25) is 5.02 Å². The predicted octanol–water partition coefficient (Wildman–Crippen LogP) is 2.57. The smallest absolute Gasteiger partial charge is 0.226 e. The molecular weight excluding hydrogens is 321 g/mol. The van der Waals surface area contributed by atoms with E-state index in [9.17, 15) is 9.18 Å². The highest BCUT2D eigenvalue weighted by atomic mass is 35.5. The summed E-state index contributed by atoms with van der Waals surface area (Å²) in [5.74, 6) is -0.573. The van der Waals surface area contributed by atoms with E-state index in [1.54, 1.807) is 18.2 Å². The summed E-state index contributed by atoms with van der Waals surface area (Å²) in [6, 6.07) is 6.28. The zero-order chi connectivity index (χ0) is 16.4. The van der Waals surface area contributed by atoms with Crippen molar-refractivity contribution in [3.8, 4) is 0 Å². The summed E-state index contributed by atoms with van der Waals surface area (Å²) in [4.78, 5) is 14.3. The molecular formula is C16H17ClFN3O2. The maximum absolute atomic E-state index is 13.7. The van der Waals surface area contributed by atoms with E-state index in [1.807, 2.05) is 7.05 Å². The van der Waals surface area contributed by atoms with Crippen LogP contribution in [-0.4, -0.2) is 35.6 Å². The molecule has 1 aliphatic heterocycles. The van der Waals surface area contributed by atoms with E-state index < -0.39 is 5.82 Å². The number of halogens is 2. The second kappa shape index (κ2) is 6.68. The first-order chi connectivity index (χ1) is 11.0. The second-order valence-corrected chi connectivity index (χ2v) is 6.14. The number of hydrogen-bond donors (Lipinski definition) is 1. The quantitative estimate of drug-likeness (QED) is 0.931. The Labute approximate surface area is 138 Å². The Bertz CT molecular complexity index is 693. The van der Waals surface area contributed by atoms with Gasteiger partial charge in [0.05, 0.1) is 23.2 Å². The van der Waals surface area contributed by atoms with Gasteiger partial charge < -0.3 is 9.84 Å². The highest BCUT2D eigenvalue weighted by Gasteiger charge is 2.34. The highest BCUT2D eigenvalue weighted by Crippen LogP contribution is 2.32. The summed E-state index contributed by atoms with van der Waals surface area (Å²) in [6.07, 6.45) is 2.40. The fourth-order valence-electron chi connectivity index (χ4n) is 3.03. The van der Waals surface area contributed by atoms with Crippen LogP contribution in [-0.2, 0) is 11.2 Å². The average molecular weight is 338 g/mol. The number of amides is 1. The lowest BCUT2D eigenvalue weighted by Crippen LogP contribution is -2.39. The van der Waals surface area contributed by atoms with Gasteiger partial charge >= 0.3 is 0 Å². The van der Waals surface area contributed by atoms with Gasteiger partial charge in [-0.25, -0.2) is 4.39 Å². The lowest BCUT2D eigenvalue weighted by atomic mass is 10.00. The molecule has 122 valence electrons. The van der Waals surface area contributed by atoms with E-state index in [0.29, 0.717) is 5.69 Å². The summed E-state index contributed by atoms with van der Waals surface area (Å²) in [5, 5.41) is 6.84. The fraction of sp³-hybridized carbons (Fsp3) is 0.375. The van der Waals surface area contributed by atoms with Gasteiger partial charge in [0, 0.05) is 18.7 Å². The summed E-state index contributed by atoms with van der Waals surface area (Å²) < 4.78 is 18.5. The van der Waals surface area contributed by atoms with Crippen molar-refractivity contribution >= 4 is 17.5 Å². The van der Waals surface area contributed by atoms with Crippen LogP contribution >= 0.6 is 11.6 Å². The number of likely N-dealkylation sites (N-methyl/N-ethyl adjacent to an activating group) is 1. The van der Waals surface area contributed by atoms with Crippen molar-refractivity contribution in [2.45, 2.75) is 24.9 Å². The van der Waals surface area contributed by atoms with Crippen molar-refractivity contribution < 1.29 is 13.7 Å². The van der Waals surface area contributed by atoms with E-state index in [1.165, 1.54) is 12.3 Å². The summed E-state index contributed by atoms with van der Waals surface area (Å²) in [7, 11) is 1.96. The zero-order valence-corrected chi connectivity index (χ0v) is 13.4. The van der Waals surface area contributed by atoms with Crippen LogP contribution in [0.5, 0.6) is 0 Å². The minimum absolute atomic E-state index is 0.0805. The molecule has 5 nitrogen and oxygen atoms in total. The lowest BCUT2D eigenvalue weighted by molar-refractivity contribution is -0.121. The van der Waals surface area contributed by atoms with Crippen LogP contribution in [0.4, 0.5) is 4.39 Å². The number of nitrogens with zero attached hydrogens (tertiary/aromatic N) is 2. The van der Waals surface area contributed by atoms with Gasteiger partial charge in [0.15, 0.2) is 0 Å². The summed E-state index contributed by atoms with van der Waals surface area (Å²) in [5.41, 5.74) is 1.39. The monoisotopic (exact) mass is 337 g/mol. The van der Waals surface area contributed by atoms with Crippen LogP contribution in [0.25, 0.3) is 0 Å². The third kappa shape index (κ3) is 3.54. The first-order valence-electron chi connectivity index (χ1n) is 7.38. The fourth-order valence-corrected chi connectivity index (χ4v) is 3.15. The molecule has 1 aliphatic rings. The topological polar surface area (TPSA) is 58.4 Å². The Kier molecular flexibility index (Phi) is 4.63. The molecule has 1 amide bonds. The maximum atomic E-state index is 13.7. The van der Waals surface area contributed by atoms with Gasteiger partial charge in [-0.15, -0.1) is 0 Å². The van der Waals surface area contributed by atoms with Crippen molar-refractivity contribution in [1.82, 2.24) is 15.4 Å². The number of carbonyl (C=O) groups is 1. The van der Waals surface area contributed by atoms with Crippen LogP contribution < -0.4 is 5.32 Å². The Morgan fingerprint density at radius 2 is 2.35 bits per heavy atom. The molecule has 1 aromatic heterocycles. The zero-order valence-electron chi connectivity index (χ0n) is 12.6. The molecule has 1 saturated heterocycles. The Hall–Kier alpha value is -1.92. The highest BCUT2D eigenvalue weighted by molar-refractivity contribution is 6.30. The third-order valence-corrected chi connectivity index (χ3v) is 4.42. The number of likely N-dealkylation sites (tertiary alicyclic amines) is 1. The molecule has 7 heteroatoms. The molecule has 0 saturated carbocycles. The Morgan fingerprint density at radius 1 is 1.52 bits per heavy atom. The van der Waals surface area contributed by atoms with E-state index in [2.05, 4.69) is 15.4 Å². The first-order valence-corrected chi connectivity index (χ1v) is 7.76. The van der Waals surface area contributed by atoms with E-state index >= 15 is 0 Å². The largest absolute Gasteiger partial charge is 0.364 e. The van der Waals surface area contributed by atoms with Gasteiger partial charge in [0.25, 0.3) is 0 Å². The van der Waals surface area contributed by atoms with Crippen molar-refractivity contribution in [3.05, 3.63) is 52.6 Å². The van der Waals surface area contributed by atoms with Crippen LogP contribution in [0.3, 0.4) is 0 Å². The normalized spacial score (nSPS) is 21.5. The molecule has 3 rings (SSSR count). The number of hydrogen-bond acceptors (Lipinski definition) is 4. The Balaban J connectivity index is 1.73. The number of rotatable bonds is 4. The molecule has 2 atom stereocenters. The maximum Gasteiger partial charge on any atom is 0.226 e. The van der Waals surface area contributed by atoms with Gasteiger partial charge in [0.1, 0.15) is 12.1 Å². The average Bonchev–Trinajstić information content (AvgIpc) is 3.12. The van der Waals surface area contributed by atoms with Crippen molar-refractivity contribution in [2.75, 3.05) is 13.6 Å². The molecule has 0 unspecified atom stereocenters. The first kappa shape index (κ1) is 16.0. The summed E-state index contributed by atoms with van der Waals surface area (Å²) in [6.45, 7) is 0.823. The van der Waals surface area contributed by atoms with E-state index in [4.69, 9.17) is 16.1 Å². The van der Waals surface area contributed by atoms with Gasteiger partial charge in [0.2, 0.25) is 5.91 Å². The minimum atomic E-state index is -0.447. The van der Waals surface area contributed by atoms with Crippen molar-refractivity contribution in [1.29, 1.82) is 0 Å². The van der Waals surface area contributed by atoms with Gasteiger partial charge in [-0.3, -0.25) is 9.69 Å². The molecule has 1 fully saturated rings. The molecule has 0 spiro atoms. The third-order valence-electron chi connectivity index (χ3n) is 4.11. The van der Waals surface area contributed by atoms with E-state index in [0.717, 1.165) is 18.5 Å². The minimum Gasteiger partial charge on any atom is -0.364 e. The summed E-state index contributed by atoms with van der Waals surface area (Å²) >= 11 is 5.75. The van der Waals surface area contributed by atoms with Gasteiger partial charge in [-0.1, -0.05) is 22.8 Å².